The highest BCUT2D eigenvalue weighted by Crippen LogP contribution is 2.15. The van der Waals surface area contributed by atoms with Crippen LogP contribution in [-0.4, -0.2) is 25.7 Å². The van der Waals surface area contributed by atoms with Gasteiger partial charge in [-0.25, -0.2) is 9.59 Å². The largest absolute Gasteiger partial charge is 0.466 e. The van der Waals surface area contributed by atoms with Crippen LogP contribution in [0.25, 0.3) is 0 Å². The van der Waals surface area contributed by atoms with Crippen LogP contribution in [0.4, 0.5) is 0 Å². The van der Waals surface area contributed by atoms with Crippen LogP contribution in [0.5, 0.6) is 0 Å². The Morgan fingerprint density at radius 2 is 2.00 bits per heavy atom. The Hall–Kier alpha value is -1.55. The van der Waals surface area contributed by atoms with Gasteiger partial charge in [0, 0.05) is 0 Å². The summed E-state index contributed by atoms with van der Waals surface area (Å²) in [5, 5.41) is 0.285. The Morgan fingerprint density at radius 3 is 2.60 bits per heavy atom. The van der Waals surface area contributed by atoms with Gasteiger partial charge in [-0.3, -0.25) is 0 Å². The van der Waals surface area contributed by atoms with Gasteiger partial charge in [0.05, 0.1) is 17.7 Å². The molecule has 0 aliphatic heterocycles. The van der Waals surface area contributed by atoms with E-state index in [0.717, 1.165) is 0 Å². The number of hydrogen-bond acceptors (Lipinski definition) is 4. The van der Waals surface area contributed by atoms with Crippen molar-refractivity contribution in [3.8, 4) is 0 Å². The van der Waals surface area contributed by atoms with Crippen molar-refractivity contribution in [3.63, 3.8) is 0 Å². The van der Waals surface area contributed by atoms with Gasteiger partial charge < -0.3 is 9.47 Å². The number of benzene rings is 1. The summed E-state index contributed by atoms with van der Waals surface area (Å²) in [5.74, 6) is -1.26. The van der Waals surface area contributed by atoms with Crippen molar-refractivity contribution in [2.75, 3.05) is 13.7 Å². The normalized spacial score (nSPS) is 9.47. The molecular formula is C10H9ClO4. The number of carbonyl (C=O) groups is 2. The molecule has 0 amide bonds. The quantitative estimate of drug-likeness (QED) is 0.739. The molecule has 0 fully saturated rings. The van der Waals surface area contributed by atoms with Gasteiger partial charge in [0.25, 0.3) is 0 Å². The van der Waals surface area contributed by atoms with Crippen molar-refractivity contribution in [3.05, 3.63) is 34.9 Å². The standard InChI is InChI=1S/C10H9ClO4/c1-14-9(12)6-15-10(13)7-4-2-3-5-8(7)11/h2-5H,6H2,1H3. The molecule has 0 saturated carbocycles. The van der Waals surface area contributed by atoms with E-state index in [1.165, 1.54) is 13.2 Å². The second-order valence-electron chi connectivity index (χ2n) is 2.63. The van der Waals surface area contributed by atoms with Crippen LogP contribution in [0.2, 0.25) is 5.02 Å². The van der Waals surface area contributed by atoms with Gasteiger partial charge in [-0.05, 0) is 12.1 Å². The van der Waals surface area contributed by atoms with Gasteiger partial charge in [0.2, 0.25) is 0 Å². The molecule has 1 aromatic rings. The lowest BCUT2D eigenvalue weighted by Crippen LogP contribution is -2.15. The lowest BCUT2D eigenvalue weighted by atomic mass is 10.2. The molecule has 4 nitrogen and oxygen atoms in total. The summed E-state index contributed by atoms with van der Waals surface area (Å²) >= 11 is 5.75. The van der Waals surface area contributed by atoms with Crippen molar-refractivity contribution in [1.82, 2.24) is 0 Å². The Labute approximate surface area is 91.7 Å². The molecule has 1 rings (SSSR count). The zero-order valence-electron chi connectivity index (χ0n) is 8.03. The van der Waals surface area contributed by atoms with Gasteiger partial charge in [-0.1, -0.05) is 23.7 Å². The van der Waals surface area contributed by atoms with E-state index in [9.17, 15) is 9.59 Å². The molecule has 15 heavy (non-hydrogen) atoms. The molecule has 0 saturated heterocycles. The van der Waals surface area contributed by atoms with E-state index in [1.54, 1.807) is 18.2 Å². The molecule has 0 aliphatic rings. The first-order valence-corrected chi connectivity index (χ1v) is 4.51. The van der Waals surface area contributed by atoms with E-state index in [-0.39, 0.29) is 10.6 Å². The zero-order valence-corrected chi connectivity index (χ0v) is 8.78. The third kappa shape index (κ3) is 3.25. The van der Waals surface area contributed by atoms with E-state index >= 15 is 0 Å². The van der Waals surface area contributed by atoms with Gasteiger partial charge >= 0.3 is 11.9 Å². The minimum atomic E-state index is -0.647. The number of halogens is 1. The molecule has 0 aromatic heterocycles. The highest BCUT2D eigenvalue weighted by molar-refractivity contribution is 6.33. The third-order valence-corrected chi connectivity index (χ3v) is 1.97. The molecule has 0 N–H and O–H groups in total. The summed E-state index contributed by atoms with van der Waals surface area (Å²) in [6.45, 7) is -0.416. The maximum atomic E-state index is 11.4. The smallest absolute Gasteiger partial charge is 0.344 e. The van der Waals surface area contributed by atoms with Crippen LogP contribution in [0, 0.1) is 0 Å². The van der Waals surface area contributed by atoms with Gasteiger partial charge in [-0.2, -0.15) is 0 Å². The molecule has 0 unspecified atom stereocenters. The molecular weight excluding hydrogens is 220 g/mol. The molecule has 80 valence electrons. The fourth-order valence-corrected chi connectivity index (χ4v) is 1.10. The van der Waals surface area contributed by atoms with Crippen LogP contribution in [0.15, 0.2) is 24.3 Å². The number of methoxy groups -OCH3 is 1. The summed E-state index contributed by atoms with van der Waals surface area (Å²) in [7, 11) is 1.21. The van der Waals surface area contributed by atoms with Crippen molar-refractivity contribution in [1.29, 1.82) is 0 Å². The van der Waals surface area contributed by atoms with E-state index in [4.69, 9.17) is 11.6 Å². The second kappa shape index (κ2) is 5.36. The molecule has 0 bridgehead atoms. The van der Waals surface area contributed by atoms with Gasteiger partial charge in [0.15, 0.2) is 6.61 Å². The van der Waals surface area contributed by atoms with Gasteiger partial charge in [-0.15, -0.1) is 0 Å². The lowest BCUT2D eigenvalue weighted by molar-refractivity contribution is -0.144. The number of ether oxygens (including phenoxy) is 2. The summed E-state index contributed by atoms with van der Waals surface area (Å²) < 4.78 is 8.98. The summed E-state index contributed by atoms with van der Waals surface area (Å²) in [5.41, 5.74) is 0.225. The SMILES string of the molecule is COC(=O)COC(=O)c1ccccc1Cl. The van der Waals surface area contributed by atoms with Gasteiger partial charge in [0.1, 0.15) is 0 Å². The molecule has 5 heteroatoms. The molecule has 0 aliphatic carbocycles. The van der Waals surface area contributed by atoms with Crippen molar-refractivity contribution in [2.45, 2.75) is 0 Å². The Bertz CT molecular complexity index is 375. The topological polar surface area (TPSA) is 52.6 Å². The maximum absolute atomic E-state index is 11.4. The minimum absolute atomic E-state index is 0.225. The second-order valence-corrected chi connectivity index (χ2v) is 3.04. The number of carbonyl (C=O) groups excluding carboxylic acids is 2. The highest BCUT2D eigenvalue weighted by Gasteiger charge is 2.12. The predicted octanol–water partition coefficient (Wildman–Crippen LogP) is 1.67. The first kappa shape index (κ1) is 11.5. The van der Waals surface area contributed by atoms with E-state index in [1.807, 2.05) is 0 Å². The first-order valence-electron chi connectivity index (χ1n) is 4.13. The summed E-state index contributed by atoms with van der Waals surface area (Å²) in [4.78, 5) is 22.1. The zero-order chi connectivity index (χ0) is 11.3. The van der Waals surface area contributed by atoms with E-state index in [2.05, 4.69) is 9.47 Å². The van der Waals surface area contributed by atoms with Crippen LogP contribution in [0.1, 0.15) is 10.4 Å². The predicted molar refractivity (Wildman–Crippen MR) is 53.8 cm³/mol. The fraction of sp³-hybridized carbons (Fsp3) is 0.200. The third-order valence-electron chi connectivity index (χ3n) is 1.64. The van der Waals surface area contributed by atoms with Crippen molar-refractivity contribution < 1.29 is 19.1 Å². The molecule has 0 spiro atoms. The van der Waals surface area contributed by atoms with Crippen LogP contribution in [-0.2, 0) is 14.3 Å². The number of hydrogen-bond donors (Lipinski definition) is 0. The molecule has 1 aromatic carbocycles. The Morgan fingerprint density at radius 1 is 1.33 bits per heavy atom. The van der Waals surface area contributed by atoms with Crippen LogP contribution < -0.4 is 0 Å². The molecule has 0 heterocycles. The average Bonchev–Trinajstić information content (AvgIpc) is 2.26. The Kier molecular flexibility index (Phi) is 4.12. The maximum Gasteiger partial charge on any atom is 0.344 e. The van der Waals surface area contributed by atoms with Crippen LogP contribution >= 0.6 is 11.6 Å². The first-order chi connectivity index (χ1) is 7.15. The van der Waals surface area contributed by atoms with Crippen molar-refractivity contribution in [2.24, 2.45) is 0 Å². The summed E-state index contributed by atoms with van der Waals surface area (Å²) in [6.07, 6.45) is 0. The summed E-state index contributed by atoms with van der Waals surface area (Å²) in [6, 6.07) is 6.43. The van der Waals surface area contributed by atoms with E-state index in [0.29, 0.717) is 0 Å². The lowest BCUT2D eigenvalue weighted by Gasteiger charge is -2.04. The monoisotopic (exact) mass is 228 g/mol. The fourth-order valence-electron chi connectivity index (χ4n) is 0.888. The average molecular weight is 229 g/mol. The number of rotatable bonds is 3. The van der Waals surface area contributed by atoms with Crippen molar-refractivity contribution >= 4 is 23.5 Å². The molecule has 0 radical (unpaired) electrons. The number of esters is 2. The highest BCUT2D eigenvalue weighted by atomic mass is 35.5. The Balaban J connectivity index is 2.62. The molecule has 0 atom stereocenters. The minimum Gasteiger partial charge on any atom is -0.466 e. The van der Waals surface area contributed by atoms with E-state index < -0.39 is 18.5 Å². The van der Waals surface area contributed by atoms with Crippen LogP contribution in [0.3, 0.4) is 0 Å².